The van der Waals surface area contributed by atoms with Crippen molar-refractivity contribution in [3.63, 3.8) is 0 Å². The molecule has 0 spiro atoms. The molecule has 0 aromatic rings. The van der Waals surface area contributed by atoms with E-state index in [4.69, 9.17) is 0 Å². The van der Waals surface area contributed by atoms with Gasteiger partial charge in [-0.1, -0.05) is 52.6 Å². The molecule has 0 aliphatic carbocycles. The van der Waals surface area contributed by atoms with Crippen LogP contribution >= 0.6 is 0 Å². The van der Waals surface area contributed by atoms with Gasteiger partial charge in [0.05, 0.1) is 0 Å². The van der Waals surface area contributed by atoms with Crippen molar-refractivity contribution in [3.8, 4) is 0 Å². The van der Waals surface area contributed by atoms with E-state index < -0.39 is 16.5 Å². The van der Waals surface area contributed by atoms with E-state index >= 15 is 0 Å². The maximum absolute atomic E-state index is 2.70. The highest BCUT2D eigenvalue weighted by Gasteiger charge is 2.27. The molecule has 0 aliphatic rings. The van der Waals surface area contributed by atoms with Gasteiger partial charge in [-0.2, -0.15) is 0 Å². The van der Waals surface area contributed by atoms with Gasteiger partial charge in [-0.05, 0) is 33.5 Å². The highest BCUT2D eigenvalue weighted by Crippen LogP contribution is 2.19. The molecule has 0 saturated heterocycles. The topological polar surface area (TPSA) is 6.48 Å². The second-order valence-electron chi connectivity index (χ2n) is 7.61. The lowest BCUT2D eigenvalue weighted by Gasteiger charge is -2.39. The molecule has 0 aliphatic heterocycles. The van der Waals surface area contributed by atoms with Gasteiger partial charge < -0.3 is 9.13 Å². The molecule has 0 amide bonds. The molecule has 0 aromatic heterocycles. The van der Waals surface area contributed by atoms with Crippen molar-refractivity contribution in [2.24, 2.45) is 0 Å². The Hall–Kier alpha value is 0.354. The van der Waals surface area contributed by atoms with Crippen LogP contribution in [0.2, 0.25) is 39.3 Å². The average Bonchev–Trinajstić information content (AvgIpc) is 2.19. The SMILES string of the molecule is CCCC(CCN(C)[Si](C)(C)C)N(C)[Si](C)(C)C. The van der Waals surface area contributed by atoms with E-state index in [0.29, 0.717) is 0 Å². The average molecular weight is 289 g/mol. The quantitative estimate of drug-likeness (QED) is 0.621. The van der Waals surface area contributed by atoms with Crippen molar-refractivity contribution in [1.29, 1.82) is 0 Å². The molecule has 4 heteroatoms. The summed E-state index contributed by atoms with van der Waals surface area (Å²) in [5.74, 6) is 0. The van der Waals surface area contributed by atoms with Crippen molar-refractivity contribution in [2.45, 2.75) is 71.5 Å². The van der Waals surface area contributed by atoms with Gasteiger partial charge in [-0.15, -0.1) is 0 Å². The Morgan fingerprint density at radius 1 is 0.833 bits per heavy atom. The Labute approximate surface area is 118 Å². The third-order valence-corrected chi connectivity index (χ3v) is 9.17. The van der Waals surface area contributed by atoms with E-state index in [0.717, 1.165) is 6.04 Å². The Balaban J connectivity index is 4.46. The zero-order valence-corrected chi connectivity index (χ0v) is 16.3. The van der Waals surface area contributed by atoms with Gasteiger partial charge in [-0.25, -0.2) is 0 Å². The van der Waals surface area contributed by atoms with Crippen LogP contribution in [-0.4, -0.2) is 52.3 Å². The summed E-state index contributed by atoms with van der Waals surface area (Å²) in [5.41, 5.74) is 0. The first kappa shape index (κ1) is 18.4. The number of hydrogen-bond donors (Lipinski definition) is 0. The van der Waals surface area contributed by atoms with E-state index in [1.807, 2.05) is 0 Å². The second-order valence-corrected chi connectivity index (χ2v) is 17.8. The van der Waals surface area contributed by atoms with Gasteiger partial charge in [0.1, 0.15) is 16.5 Å². The molecule has 110 valence electrons. The fourth-order valence-corrected chi connectivity index (χ4v) is 4.24. The Morgan fingerprint density at radius 3 is 1.67 bits per heavy atom. The zero-order valence-electron chi connectivity index (χ0n) is 14.3. The predicted molar refractivity (Wildman–Crippen MR) is 90.4 cm³/mol. The molecular weight excluding hydrogens is 252 g/mol. The number of nitrogens with zero attached hydrogens (tertiary/aromatic N) is 2. The molecule has 2 nitrogen and oxygen atoms in total. The summed E-state index contributed by atoms with van der Waals surface area (Å²) in [6.07, 6.45) is 3.98. The molecule has 1 unspecified atom stereocenters. The van der Waals surface area contributed by atoms with Crippen LogP contribution in [0.5, 0.6) is 0 Å². The minimum absolute atomic E-state index is 0.778. The maximum Gasteiger partial charge on any atom is 0.119 e. The van der Waals surface area contributed by atoms with Crippen LogP contribution in [0.1, 0.15) is 26.2 Å². The van der Waals surface area contributed by atoms with E-state index in [9.17, 15) is 0 Å². The summed E-state index contributed by atoms with van der Waals surface area (Å²) >= 11 is 0. The van der Waals surface area contributed by atoms with Crippen LogP contribution in [0.3, 0.4) is 0 Å². The Bertz CT molecular complexity index is 231. The summed E-state index contributed by atoms with van der Waals surface area (Å²) in [4.78, 5) is 0. The van der Waals surface area contributed by atoms with E-state index in [1.165, 1.54) is 25.8 Å². The summed E-state index contributed by atoms with van der Waals surface area (Å²) < 4.78 is 5.32. The minimum Gasteiger partial charge on any atom is -0.327 e. The van der Waals surface area contributed by atoms with Crippen LogP contribution in [0, 0.1) is 0 Å². The van der Waals surface area contributed by atoms with Gasteiger partial charge in [-0.3, -0.25) is 0 Å². The molecular formula is C14H36N2Si2. The molecule has 0 fully saturated rings. The Morgan fingerprint density at radius 2 is 1.33 bits per heavy atom. The highest BCUT2D eigenvalue weighted by molar-refractivity contribution is 6.73. The first-order valence-corrected chi connectivity index (χ1v) is 14.3. The van der Waals surface area contributed by atoms with Crippen molar-refractivity contribution in [1.82, 2.24) is 9.13 Å². The van der Waals surface area contributed by atoms with Gasteiger partial charge >= 0.3 is 0 Å². The first-order chi connectivity index (χ1) is 8.00. The van der Waals surface area contributed by atoms with Crippen LogP contribution in [0.15, 0.2) is 0 Å². The molecule has 18 heavy (non-hydrogen) atoms. The normalized spacial score (nSPS) is 15.5. The molecule has 0 saturated carbocycles. The Kier molecular flexibility index (Phi) is 7.36. The van der Waals surface area contributed by atoms with Crippen molar-refractivity contribution >= 4 is 16.5 Å². The molecule has 0 heterocycles. The predicted octanol–water partition coefficient (Wildman–Crippen LogP) is 4.08. The molecule has 1 atom stereocenters. The van der Waals surface area contributed by atoms with Crippen LogP contribution in [0.4, 0.5) is 0 Å². The summed E-state index contributed by atoms with van der Waals surface area (Å²) in [7, 11) is 2.40. The fraction of sp³-hybridized carbons (Fsp3) is 1.00. The lowest BCUT2D eigenvalue weighted by Crippen LogP contribution is -2.51. The molecule has 0 rings (SSSR count). The van der Waals surface area contributed by atoms with E-state index in [1.54, 1.807) is 0 Å². The smallest absolute Gasteiger partial charge is 0.119 e. The molecule has 0 N–H and O–H groups in total. The number of hydrogen-bond acceptors (Lipinski definition) is 2. The second kappa shape index (κ2) is 7.22. The van der Waals surface area contributed by atoms with Gasteiger partial charge in [0.25, 0.3) is 0 Å². The zero-order chi connectivity index (χ0) is 14.6. The van der Waals surface area contributed by atoms with E-state index in [-0.39, 0.29) is 0 Å². The summed E-state index contributed by atoms with van der Waals surface area (Å²) in [5, 5.41) is 0. The van der Waals surface area contributed by atoms with Crippen molar-refractivity contribution in [2.75, 3.05) is 20.6 Å². The first-order valence-electron chi connectivity index (χ1n) is 7.44. The van der Waals surface area contributed by atoms with Gasteiger partial charge in [0, 0.05) is 6.04 Å². The van der Waals surface area contributed by atoms with Gasteiger partial charge in [0.15, 0.2) is 0 Å². The standard InChI is InChI=1S/C14H36N2Si2/c1-10-11-14(16(3)18(7,8)9)12-13-15(2)17(4,5)6/h14H,10-13H2,1-9H3. The summed E-state index contributed by atoms with van der Waals surface area (Å²) in [6, 6.07) is 0.778. The van der Waals surface area contributed by atoms with Crippen LogP contribution < -0.4 is 0 Å². The summed E-state index contributed by atoms with van der Waals surface area (Å²) in [6.45, 7) is 18.2. The minimum atomic E-state index is -1.15. The van der Waals surface area contributed by atoms with Gasteiger partial charge in [0.2, 0.25) is 0 Å². The molecule has 0 aromatic carbocycles. The van der Waals surface area contributed by atoms with Crippen LogP contribution in [0.25, 0.3) is 0 Å². The van der Waals surface area contributed by atoms with Crippen molar-refractivity contribution in [3.05, 3.63) is 0 Å². The van der Waals surface area contributed by atoms with Crippen molar-refractivity contribution < 1.29 is 0 Å². The monoisotopic (exact) mass is 288 g/mol. The van der Waals surface area contributed by atoms with E-state index in [2.05, 4.69) is 69.4 Å². The molecule has 0 radical (unpaired) electrons. The third kappa shape index (κ3) is 6.50. The van der Waals surface area contributed by atoms with Crippen LogP contribution in [-0.2, 0) is 0 Å². The highest BCUT2D eigenvalue weighted by atomic mass is 28.3. The third-order valence-electron chi connectivity index (χ3n) is 4.17. The fourth-order valence-electron chi connectivity index (χ4n) is 2.09. The lowest BCUT2D eigenvalue weighted by atomic mass is 10.1. The maximum atomic E-state index is 2.70. The lowest BCUT2D eigenvalue weighted by molar-refractivity contribution is 0.304. The molecule has 0 bridgehead atoms. The number of rotatable bonds is 8. The largest absolute Gasteiger partial charge is 0.327 e.